The SMILES string of the molecule is CC(C)CC(N)C(=O)c1ccccc1.Cl. The highest BCUT2D eigenvalue weighted by Gasteiger charge is 2.16. The van der Waals surface area contributed by atoms with Gasteiger partial charge in [0.25, 0.3) is 0 Å². The zero-order chi connectivity index (χ0) is 10.6. The Morgan fingerprint density at radius 2 is 1.80 bits per heavy atom. The Labute approximate surface area is 97.3 Å². The molecule has 1 rings (SSSR count). The summed E-state index contributed by atoms with van der Waals surface area (Å²) in [5, 5.41) is 0. The van der Waals surface area contributed by atoms with Gasteiger partial charge in [-0.25, -0.2) is 0 Å². The maximum atomic E-state index is 11.8. The van der Waals surface area contributed by atoms with Crippen LogP contribution in [0.3, 0.4) is 0 Å². The van der Waals surface area contributed by atoms with Crippen LogP contribution in [0.1, 0.15) is 30.6 Å². The normalized spacial score (nSPS) is 12.0. The van der Waals surface area contributed by atoms with E-state index in [1.807, 2.05) is 30.3 Å². The maximum absolute atomic E-state index is 11.8. The van der Waals surface area contributed by atoms with Crippen LogP contribution in [0.2, 0.25) is 0 Å². The van der Waals surface area contributed by atoms with Crippen molar-refractivity contribution in [2.45, 2.75) is 26.3 Å². The minimum atomic E-state index is -0.364. The van der Waals surface area contributed by atoms with E-state index in [9.17, 15) is 4.79 Å². The van der Waals surface area contributed by atoms with Gasteiger partial charge in [0.05, 0.1) is 6.04 Å². The fourth-order valence-electron chi connectivity index (χ4n) is 1.43. The predicted octanol–water partition coefficient (Wildman–Crippen LogP) is 2.66. The van der Waals surface area contributed by atoms with Crippen LogP contribution in [-0.2, 0) is 0 Å². The van der Waals surface area contributed by atoms with Gasteiger partial charge in [-0.2, -0.15) is 0 Å². The third-order valence-electron chi connectivity index (χ3n) is 2.12. The second kappa shape index (κ2) is 6.59. The van der Waals surface area contributed by atoms with Crippen LogP contribution in [0.5, 0.6) is 0 Å². The van der Waals surface area contributed by atoms with Crippen LogP contribution in [0.25, 0.3) is 0 Å². The Hall–Kier alpha value is -0.860. The van der Waals surface area contributed by atoms with Crippen LogP contribution < -0.4 is 5.73 Å². The van der Waals surface area contributed by atoms with E-state index in [2.05, 4.69) is 13.8 Å². The van der Waals surface area contributed by atoms with E-state index in [-0.39, 0.29) is 24.2 Å². The molecule has 1 atom stereocenters. The van der Waals surface area contributed by atoms with Crippen molar-refractivity contribution in [1.29, 1.82) is 0 Å². The first-order valence-corrected chi connectivity index (χ1v) is 4.96. The van der Waals surface area contributed by atoms with Crippen molar-refractivity contribution < 1.29 is 4.79 Å². The Kier molecular flexibility index (Phi) is 6.21. The number of rotatable bonds is 4. The molecule has 3 heteroatoms. The summed E-state index contributed by atoms with van der Waals surface area (Å²) in [6.07, 6.45) is 0.744. The number of Topliss-reactive ketones (excluding diaryl/α,β-unsaturated/α-hetero) is 1. The Morgan fingerprint density at radius 3 is 2.27 bits per heavy atom. The summed E-state index contributed by atoms with van der Waals surface area (Å²) in [5.41, 5.74) is 6.51. The summed E-state index contributed by atoms with van der Waals surface area (Å²) in [6, 6.07) is 8.86. The highest BCUT2D eigenvalue weighted by molar-refractivity contribution is 5.99. The number of hydrogen-bond donors (Lipinski definition) is 1. The van der Waals surface area contributed by atoms with Gasteiger partial charge >= 0.3 is 0 Å². The summed E-state index contributed by atoms with van der Waals surface area (Å²) in [5.74, 6) is 0.497. The molecule has 1 unspecified atom stereocenters. The molecule has 84 valence electrons. The van der Waals surface area contributed by atoms with E-state index in [1.165, 1.54) is 0 Å². The van der Waals surface area contributed by atoms with E-state index in [1.54, 1.807) is 0 Å². The van der Waals surface area contributed by atoms with Gasteiger partial charge in [0.1, 0.15) is 0 Å². The molecule has 0 amide bonds. The lowest BCUT2D eigenvalue weighted by atomic mass is 9.97. The fourth-order valence-corrected chi connectivity index (χ4v) is 1.43. The number of ketones is 1. The van der Waals surface area contributed by atoms with Crippen molar-refractivity contribution in [2.24, 2.45) is 11.7 Å². The first-order valence-electron chi connectivity index (χ1n) is 4.96. The number of nitrogens with two attached hydrogens (primary N) is 1. The van der Waals surface area contributed by atoms with Gasteiger partial charge < -0.3 is 5.73 Å². The molecule has 2 nitrogen and oxygen atoms in total. The molecular weight excluding hydrogens is 210 g/mol. The summed E-state index contributed by atoms with van der Waals surface area (Å²) < 4.78 is 0. The molecule has 0 fully saturated rings. The predicted molar refractivity (Wildman–Crippen MR) is 65.5 cm³/mol. The number of carbonyl (C=O) groups excluding carboxylic acids is 1. The third kappa shape index (κ3) is 4.45. The largest absolute Gasteiger partial charge is 0.321 e. The van der Waals surface area contributed by atoms with Gasteiger partial charge in [0, 0.05) is 5.56 Å². The van der Waals surface area contributed by atoms with Crippen LogP contribution in [0, 0.1) is 5.92 Å². The zero-order valence-electron chi connectivity index (χ0n) is 9.14. The van der Waals surface area contributed by atoms with Gasteiger partial charge in [-0.15, -0.1) is 12.4 Å². The minimum Gasteiger partial charge on any atom is -0.321 e. The monoisotopic (exact) mass is 227 g/mol. The number of halogens is 1. The maximum Gasteiger partial charge on any atom is 0.179 e. The van der Waals surface area contributed by atoms with E-state index in [0.717, 1.165) is 6.42 Å². The first kappa shape index (κ1) is 14.1. The van der Waals surface area contributed by atoms with E-state index >= 15 is 0 Å². The van der Waals surface area contributed by atoms with Crippen molar-refractivity contribution in [2.75, 3.05) is 0 Å². The smallest absolute Gasteiger partial charge is 0.179 e. The molecule has 0 heterocycles. The molecule has 2 N–H and O–H groups in total. The van der Waals surface area contributed by atoms with Crippen molar-refractivity contribution in [3.05, 3.63) is 35.9 Å². The van der Waals surface area contributed by atoms with Crippen LogP contribution in [-0.4, -0.2) is 11.8 Å². The quantitative estimate of drug-likeness (QED) is 0.804. The average molecular weight is 228 g/mol. The lowest BCUT2D eigenvalue weighted by Gasteiger charge is -2.12. The third-order valence-corrected chi connectivity index (χ3v) is 2.12. The molecule has 1 aromatic carbocycles. The molecule has 0 saturated carbocycles. The van der Waals surface area contributed by atoms with E-state index < -0.39 is 0 Å². The number of benzene rings is 1. The number of hydrogen-bond acceptors (Lipinski definition) is 2. The Morgan fingerprint density at radius 1 is 1.27 bits per heavy atom. The summed E-state index contributed by atoms with van der Waals surface area (Å²) >= 11 is 0. The molecule has 0 radical (unpaired) electrons. The summed E-state index contributed by atoms with van der Waals surface area (Å²) in [4.78, 5) is 11.8. The minimum absolute atomic E-state index is 0. The second-order valence-corrected chi connectivity index (χ2v) is 3.97. The average Bonchev–Trinajstić information content (AvgIpc) is 2.17. The van der Waals surface area contributed by atoms with Crippen LogP contribution in [0.15, 0.2) is 30.3 Å². The molecule has 0 bridgehead atoms. The van der Waals surface area contributed by atoms with Gasteiger partial charge in [-0.3, -0.25) is 4.79 Å². The molecule has 0 aliphatic heterocycles. The molecule has 0 aliphatic carbocycles. The highest BCUT2D eigenvalue weighted by atomic mass is 35.5. The van der Waals surface area contributed by atoms with Crippen molar-refractivity contribution in [1.82, 2.24) is 0 Å². The molecular formula is C12H18ClNO. The molecule has 15 heavy (non-hydrogen) atoms. The lowest BCUT2D eigenvalue weighted by molar-refractivity contribution is 0.0951. The standard InChI is InChI=1S/C12H17NO.ClH/c1-9(2)8-11(13)12(14)10-6-4-3-5-7-10;/h3-7,9,11H,8,13H2,1-2H3;1H. The van der Waals surface area contributed by atoms with E-state index in [0.29, 0.717) is 11.5 Å². The second-order valence-electron chi connectivity index (χ2n) is 3.97. The molecule has 0 aliphatic rings. The fraction of sp³-hybridized carbons (Fsp3) is 0.417. The molecule has 0 spiro atoms. The molecule has 1 aromatic rings. The Balaban J connectivity index is 0.00000196. The van der Waals surface area contributed by atoms with Crippen LogP contribution >= 0.6 is 12.4 Å². The topological polar surface area (TPSA) is 43.1 Å². The van der Waals surface area contributed by atoms with Gasteiger partial charge in [-0.05, 0) is 12.3 Å². The van der Waals surface area contributed by atoms with Gasteiger partial charge in [0.2, 0.25) is 0 Å². The van der Waals surface area contributed by atoms with Crippen molar-refractivity contribution >= 4 is 18.2 Å². The lowest BCUT2D eigenvalue weighted by Crippen LogP contribution is -2.31. The Bertz CT molecular complexity index is 298. The molecule has 0 aromatic heterocycles. The van der Waals surface area contributed by atoms with Crippen LogP contribution in [0.4, 0.5) is 0 Å². The van der Waals surface area contributed by atoms with Gasteiger partial charge in [0.15, 0.2) is 5.78 Å². The highest BCUT2D eigenvalue weighted by Crippen LogP contribution is 2.09. The molecule has 0 saturated heterocycles. The summed E-state index contributed by atoms with van der Waals surface area (Å²) in [6.45, 7) is 4.14. The first-order chi connectivity index (χ1) is 6.61. The summed E-state index contributed by atoms with van der Waals surface area (Å²) in [7, 11) is 0. The van der Waals surface area contributed by atoms with Crippen molar-refractivity contribution in [3.8, 4) is 0 Å². The zero-order valence-corrected chi connectivity index (χ0v) is 9.96. The van der Waals surface area contributed by atoms with E-state index in [4.69, 9.17) is 5.73 Å². The van der Waals surface area contributed by atoms with Crippen molar-refractivity contribution in [3.63, 3.8) is 0 Å². The van der Waals surface area contributed by atoms with Gasteiger partial charge in [-0.1, -0.05) is 44.2 Å². The number of carbonyl (C=O) groups is 1.